The number of hydrogen-bond acceptors (Lipinski definition) is 7. The number of sulfonamides is 1. The minimum Gasteiger partial charge on any atom is -0.378 e. The normalized spacial score (nSPS) is 15.2. The van der Waals surface area contributed by atoms with Crippen molar-refractivity contribution in [2.45, 2.75) is 4.90 Å². The summed E-state index contributed by atoms with van der Waals surface area (Å²) >= 11 is 1.56. The third-order valence-electron chi connectivity index (χ3n) is 3.79. The molecule has 27 heavy (non-hydrogen) atoms. The van der Waals surface area contributed by atoms with Crippen LogP contribution in [0.2, 0.25) is 0 Å². The number of ether oxygens (including phenoxy) is 1. The van der Waals surface area contributed by atoms with Crippen molar-refractivity contribution < 1.29 is 17.9 Å². The lowest BCUT2D eigenvalue weighted by Gasteiger charge is -2.27. The Balaban J connectivity index is 1.47. The van der Waals surface area contributed by atoms with Gasteiger partial charge in [0.25, 0.3) is 5.91 Å². The molecule has 0 bridgehead atoms. The summed E-state index contributed by atoms with van der Waals surface area (Å²) in [5.74, 6) is -0.546. The molecule has 2 aromatic rings. The van der Waals surface area contributed by atoms with Crippen molar-refractivity contribution >= 4 is 38.5 Å². The Kier molecular flexibility index (Phi) is 6.56. The fourth-order valence-corrected chi connectivity index (χ4v) is 4.35. The Hall–Kier alpha value is -2.27. The molecule has 1 amide bonds. The molecule has 8 nitrogen and oxygen atoms in total. The first-order valence-electron chi connectivity index (χ1n) is 8.34. The van der Waals surface area contributed by atoms with Crippen molar-refractivity contribution in [1.82, 2.24) is 10.1 Å². The molecule has 1 aromatic heterocycles. The van der Waals surface area contributed by atoms with Crippen molar-refractivity contribution in [3.05, 3.63) is 47.3 Å². The zero-order valence-electron chi connectivity index (χ0n) is 14.5. The van der Waals surface area contributed by atoms with Gasteiger partial charge in [-0.3, -0.25) is 4.79 Å². The number of carbonyl (C=O) groups is 1. The van der Waals surface area contributed by atoms with Crippen LogP contribution in [-0.4, -0.2) is 53.4 Å². The Bertz CT molecular complexity index is 891. The van der Waals surface area contributed by atoms with Gasteiger partial charge in [-0.05, 0) is 24.3 Å². The van der Waals surface area contributed by atoms with Crippen LogP contribution in [0.5, 0.6) is 0 Å². The third kappa shape index (κ3) is 5.60. The number of hydrogen-bond donors (Lipinski definition) is 2. The number of benzene rings is 1. The van der Waals surface area contributed by atoms with E-state index in [2.05, 4.69) is 20.1 Å². The number of thiophene rings is 1. The van der Waals surface area contributed by atoms with E-state index in [1.807, 2.05) is 12.1 Å². The first-order chi connectivity index (χ1) is 13.0. The van der Waals surface area contributed by atoms with E-state index in [4.69, 9.17) is 4.74 Å². The first-order valence-corrected chi connectivity index (χ1v) is 10.6. The maximum Gasteiger partial charge on any atom is 0.255 e. The highest BCUT2D eigenvalue weighted by atomic mass is 32.2. The lowest BCUT2D eigenvalue weighted by molar-refractivity contribution is -0.119. The molecule has 2 heterocycles. The lowest BCUT2D eigenvalue weighted by Crippen LogP contribution is -2.35. The second-order valence-corrected chi connectivity index (χ2v) is 8.57. The third-order valence-corrected chi connectivity index (χ3v) is 6.29. The molecule has 1 saturated heterocycles. The fourth-order valence-electron chi connectivity index (χ4n) is 2.42. The number of amides is 1. The Morgan fingerprint density at radius 1 is 1.19 bits per heavy atom. The van der Waals surface area contributed by atoms with Crippen LogP contribution in [0, 0.1) is 0 Å². The maximum atomic E-state index is 12.0. The monoisotopic (exact) mass is 408 g/mol. The highest BCUT2D eigenvalue weighted by Crippen LogP contribution is 2.25. The molecule has 1 aliphatic rings. The Morgan fingerprint density at radius 3 is 2.67 bits per heavy atom. The minimum absolute atomic E-state index is 0.107. The summed E-state index contributed by atoms with van der Waals surface area (Å²) in [6, 6.07) is 11.8. The van der Waals surface area contributed by atoms with Crippen LogP contribution < -0.4 is 15.0 Å². The minimum atomic E-state index is -3.72. The van der Waals surface area contributed by atoms with Crippen LogP contribution in [-0.2, 0) is 19.6 Å². The van der Waals surface area contributed by atoms with Gasteiger partial charge in [-0.2, -0.15) is 5.10 Å². The highest BCUT2D eigenvalue weighted by molar-refractivity contribution is 7.89. The zero-order valence-corrected chi connectivity index (χ0v) is 16.1. The Labute approximate surface area is 161 Å². The average molecular weight is 409 g/mol. The van der Waals surface area contributed by atoms with Crippen molar-refractivity contribution in [2.75, 3.05) is 37.7 Å². The van der Waals surface area contributed by atoms with Crippen molar-refractivity contribution in [3.63, 3.8) is 0 Å². The number of morpholine rings is 1. The molecule has 0 saturated carbocycles. The van der Waals surface area contributed by atoms with E-state index in [9.17, 15) is 13.2 Å². The van der Waals surface area contributed by atoms with Gasteiger partial charge in [-0.15, -0.1) is 11.3 Å². The van der Waals surface area contributed by atoms with E-state index >= 15 is 0 Å². The van der Waals surface area contributed by atoms with Crippen molar-refractivity contribution in [1.29, 1.82) is 0 Å². The molecule has 1 fully saturated rings. The van der Waals surface area contributed by atoms with Crippen LogP contribution in [0.1, 0.15) is 4.88 Å². The molecule has 1 aromatic carbocycles. The zero-order chi connectivity index (χ0) is 19.1. The van der Waals surface area contributed by atoms with Gasteiger partial charge in [-0.25, -0.2) is 18.6 Å². The van der Waals surface area contributed by atoms with Crippen molar-refractivity contribution in [3.8, 4) is 0 Å². The molecular weight excluding hydrogens is 388 g/mol. The van der Waals surface area contributed by atoms with Gasteiger partial charge in [0.05, 0.1) is 35.9 Å². The molecule has 0 radical (unpaired) electrons. The van der Waals surface area contributed by atoms with Crippen LogP contribution in [0.3, 0.4) is 0 Å². The summed E-state index contributed by atoms with van der Waals surface area (Å²) in [6.07, 6.45) is 1.54. The number of nitrogens with zero attached hydrogens (tertiary/aromatic N) is 2. The highest BCUT2D eigenvalue weighted by Gasteiger charge is 2.15. The molecule has 0 unspecified atom stereocenters. The topological polar surface area (TPSA) is 100 Å². The number of rotatable bonds is 7. The van der Waals surface area contributed by atoms with Gasteiger partial charge in [0.2, 0.25) is 10.0 Å². The molecule has 2 N–H and O–H groups in total. The van der Waals surface area contributed by atoms with Crippen LogP contribution in [0.25, 0.3) is 0 Å². The van der Waals surface area contributed by atoms with Crippen LogP contribution in [0.4, 0.5) is 5.00 Å². The summed E-state index contributed by atoms with van der Waals surface area (Å²) in [5, 5.41) is 5.01. The number of anilines is 1. The Morgan fingerprint density at radius 2 is 1.93 bits per heavy atom. The lowest BCUT2D eigenvalue weighted by atomic mass is 10.4. The summed E-state index contributed by atoms with van der Waals surface area (Å²) in [7, 11) is -3.72. The van der Waals surface area contributed by atoms with Crippen molar-refractivity contribution in [2.24, 2.45) is 5.10 Å². The van der Waals surface area contributed by atoms with E-state index in [0.29, 0.717) is 0 Å². The molecule has 0 aliphatic carbocycles. The molecule has 10 heteroatoms. The van der Waals surface area contributed by atoms with Gasteiger partial charge < -0.3 is 9.64 Å². The molecule has 1 aliphatic heterocycles. The van der Waals surface area contributed by atoms with Gasteiger partial charge in [0.1, 0.15) is 0 Å². The van der Waals surface area contributed by atoms with Gasteiger partial charge in [-0.1, -0.05) is 18.2 Å². The summed E-state index contributed by atoms with van der Waals surface area (Å²) in [5.41, 5.74) is 2.32. The molecule has 0 spiro atoms. The second kappa shape index (κ2) is 9.09. The van der Waals surface area contributed by atoms with E-state index < -0.39 is 22.5 Å². The standard InChI is InChI=1S/C17H20N4O4S2/c22-16(13-19-27(23,24)15-4-2-1-3-5-15)20-18-12-14-6-7-17(26-14)21-8-10-25-11-9-21/h1-7,12,19H,8-11,13H2,(H,20,22)/b18-12-. The van der Waals surface area contributed by atoms with Gasteiger partial charge >= 0.3 is 0 Å². The SMILES string of the molecule is O=C(CNS(=O)(=O)c1ccccc1)N/N=C\c1ccc(N2CCOCC2)s1. The van der Waals surface area contributed by atoms with Crippen LogP contribution in [0.15, 0.2) is 52.5 Å². The molecule has 0 atom stereocenters. The predicted molar refractivity (Wildman–Crippen MR) is 105 cm³/mol. The molecule has 144 valence electrons. The first kappa shape index (κ1) is 19.5. The quantitative estimate of drug-likeness (QED) is 0.526. The second-order valence-electron chi connectivity index (χ2n) is 5.71. The van der Waals surface area contributed by atoms with E-state index in [1.165, 1.54) is 18.3 Å². The fraction of sp³-hybridized carbons (Fsp3) is 0.294. The largest absolute Gasteiger partial charge is 0.378 e. The summed E-state index contributed by atoms with van der Waals surface area (Å²) in [6.45, 7) is 2.76. The van der Waals surface area contributed by atoms with Gasteiger partial charge in [0, 0.05) is 18.0 Å². The van der Waals surface area contributed by atoms with E-state index in [1.54, 1.807) is 29.5 Å². The number of hydrazone groups is 1. The molecule has 3 rings (SSSR count). The van der Waals surface area contributed by atoms with Crippen LogP contribution >= 0.6 is 11.3 Å². The number of nitrogens with one attached hydrogen (secondary N) is 2. The smallest absolute Gasteiger partial charge is 0.255 e. The summed E-state index contributed by atoms with van der Waals surface area (Å²) < 4.78 is 31.7. The van der Waals surface area contributed by atoms with E-state index in [0.717, 1.165) is 36.2 Å². The molecular formula is C17H20N4O4S2. The maximum absolute atomic E-state index is 12.0. The van der Waals surface area contributed by atoms with Gasteiger partial charge in [0.15, 0.2) is 0 Å². The predicted octanol–water partition coefficient (Wildman–Crippen LogP) is 1.01. The van der Waals surface area contributed by atoms with E-state index in [-0.39, 0.29) is 4.90 Å². The number of carbonyl (C=O) groups excluding carboxylic acids is 1. The summed E-state index contributed by atoms with van der Waals surface area (Å²) in [4.78, 5) is 15.0. The average Bonchev–Trinajstić information content (AvgIpc) is 3.17.